The number of piperidine rings is 1. The third-order valence-electron chi connectivity index (χ3n) is 3.49. The average molecular weight is 311 g/mol. The Morgan fingerprint density at radius 3 is 2.52 bits per heavy atom. The lowest BCUT2D eigenvalue weighted by Gasteiger charge is -2.34. The topological polar surface area (TPSA) is 82.5 Å². The third kappa shape index (κ3) is 4.25. The van der Waals surface area contributed by atoms with E-state index in [-0.39, 0.29) is 11.6 Å². The Labute approximate surface area is 128 Å². The van der Waals surface area contributed by atoms with E-state index in [1.807, 2.05) is 0 Å². The average Bonchev–Trinajstić information content (AvgIpc) is 2.69. The number of likely N-dealkylation sites (tertiary alicyclic amines) is 1. The molecule has 1 aliphatic heterocycles. The maximum atomic E-state index is 11.3. The molecule has 6 nitrogen and oxygen atoms in total. The number of aromatic carboxylic acids is 1. The van der Waals surface area contributed by atoms with Crippen molar-refractivity contribution in [2.24, 2.45) is 11.8 Å². The third-order valence-corrected chi connectivity index (χ3v) is 4.45. The molecule has 1 aliphatic rings. The number of carboxylic acid groups (broad SMARTS) is 1. The van der Waals surface area contributed by atoms with Gasteiger partial charge in [0.1, 0.15) is 0 Å². The summed E-state index contributed by atoms with van der Waals surface area (Å²) in [5.41, 5.74) is 0.0506. The van der Waals surface area contributed by atoms with E-state index < -0.39 is 5.97 Å². The largest absolute Gasteiger partial charge is 0.476 e. The lowest BCUT2D eigenvalue weighted by Crippen LogP contribution is -2.38. The zero-order valence-electron chi connectivity index (χ0n) is 12.5. The van der Waals surface area contributed by atoms with E-state index in [9.17, 15) is 14.7 Å². The van der Waals surface area contributed by atoms with Gasteiger partial charge < -0.3 is 10.4 Å². The zero-order valence-corrected chi connectivity index (χ0v) is 13.4. The molecule has 1 aromatic rings. The van der Waals surface area contributed by atoms with E-state index in [0.29, 0.717) is 28.4 Å². The number of hydrogen-bond donors (Lipinski definition) is 2. The maximum Gasteiger partial charge on any atom is 0.355 e. The molecular weight excluding hydrogens is 290 g/mol. The van der Waals surface area contributed by atoms with Gasteiger partial charge in [-0.3, -0.25) is 9.69 Å². The number of carboxylic acids is 1. The Balaban J connectivity index is 2.15. The molecule has 2 rings (SSSR count). The van der Waals surface area contributed by atoms with Gasteiger partial charge in [0.2, 0.25) is 5.91 Å². The molecule has 21 heavy (non-hydrogen) atoms. The molecular formula is C14H21N3O3S. The number of aromatic nitrogens is 1. The lowest BCUT2D eigenvalue weighted by atomic mass is 9.92. The fourth-order valence-corrected chi connectivity index (χ4v) is 4.00. The van der Waals surface area contributed by atoms with Gasteiger partial charge in [0, 0.05) is 26.6 Å². The van der Waals surface area contributed by atoms with Crippen LogP contribution in [0.25, 0.3) is 0 Å². The highest BCUT2D eigenvalue weighted by molar-refractivity contribution is 7.16. The highest BCUT2D eigenvalue weighted by Crippen LogP contribution is 2.28. The molecule has 1 fully saturated rings. The van der Waals surface area contributed by atoms with Crippen molar-refractivity contribution in [3.8, 4) is 0 Å². The summed E-state index contributed by atoms with van der Waals surface area (Å²) in [5, 5.41) is 12.2. The van der Waals surface area contributed by atoms with Gasteiger partial charge in [0.25, 0.3) is 0 Å². The monoisotopic (exact) mass is 311 g/mol. The van der Waals surface area contributed by atoms with Crippen LogP contribution in [-0.2, 0) is 11.3 Å². The maximum absolute atomic E-state index is 11.3. The van der Waals surface area contributed by atoms with Crippen molar-refractivity contribution in [1.29, 1.82) is 0 Å². The summed E-state index contributed by atoms with van der Waals surface area (Å²) in [6, 6.07) is 0. The molecule has 1 aromatic heterocycles. The second-order valence-corrected chi connectivity index (χ2v) is 7.00. The van der Waals surface area contributed by atoms with Gasteiger partial charge in [0.15, 0.2) is 10.8 Å². The van der Waals surface area contributed by atoms with Crippen molar-refractivity contribution < 1.29 is 14.7 Å². The Morgan fingerprint density at radius 1 is 1.38 bits per heavy atom. The fourth-order valence-electron chi connectivity index (χ4n) is 2.95. The quantitative estimate of drug-likeness (QED) is 0.891. The van der Waals surface area contributed by atoms with Crippen LogP contribution in [0.4, 0.5) is 5.13 Å². The smallest absolute Gasteiger partial charge is 0.355 e. The predicted molar refractivity (Wildman–Crippen MR) is 81.6 cm³/mol. The molecule has 2 unspecified atom stereocenters. The number of anilines is 1. The summed E-state index contributed by atoms with van der Waals surface area (Å²) in [5.74, 6) is -0.0575. The summed E-state index contributed by atoms with van der Waals surface area (Å²) in [4.78, 5) is 29.4. The van der Waals surface area contributed by atoms with Crippen LogP contribution in [0.2, 0.25) is 0 Å². The molecule has 1 amide bonds. The van der Waals surface area contributed by atoms with Crippen molar-refractivity contribution >= 4 is 28.3 Å². The normalized spacial score (nSPS) is 23.0. The first-order chi connectivity index (χ1) is 9.85. The molecule has 7 heteroatoms. The zero-order chi connectivity index (χ0) is 15.6. The second-order valence-electron chi connectivity index (χ2n) is 5.92. The van der Waals surface area contributed by atoms with Crippen molar-refractivity contribution in [3.63, 3.8) is 0 Å². The number of carbonyl (C=O) groups excluding carboxylic acids is 1. The highest BCUT2D eigenvalue weighted by Gasteiger charge is 2.25. The Kier molecular flexibility index (Phi) is 4.95. The van der Waals surface area contributed by atoms with Crippen LogP contribution in [0, 0.1) is 11.8 Å². The number of carbonyl (C=O) groups is 2. The van der Waals surface area contributed by atoms with Crippen LogP contribution in [0.1, 0.15) is 42.6 Å². The van der Waals surface area contributed by atoms with Gasteiger partial charge in [-0.15, -0.1) is 0 Å². The first-order valence-electron chi connectivity index (χ1n) is 7.08. The number of hydrogen-bond acceptors (Lipinski definition) is 5. The first kappa shape index (κ1) is 15.9. The minimum absolute atomic E-state index is 0.0506. The number of rotatable bonds is 4. The SMILES string of the molecule is CC(=O)Nc1nc(C(=O)O)c(CN2CC(C)CC(C)C2)s1. The van der Waals surface area contributed by atoms with Crippen LogP contribution < -0.4 is 5.32 Å². The van der Waals surface area contributed by atoms with Gasteiger partial charge in [-0.25, -0.2) is 9.78 Å². The van der Waals surface area contributed by atoms with E-state index >= 15 is 0 Å². The van der Waals surface area contributed by atoms with Crippen LogP contribution in [0.3, 0.4) is 0 Å². The summed E-state index contributed by atoms with van der Waals surface area (Å²) >= 11 is 1.25. The second kappa shape index (κ2) is 6.53. The minimum Gasteiger partial charge on any atom is -0.476 e. The molecule has 0 saturated carbocycles. The van der Waals surface area contributed by atoms with Crippen LogP contribution >= 0.6 is 11.3 Å². The standard InChI is InChI=1S/C14H21N3O3S/c1-8-4-9(2)6-17(5-8)7-11-12(13(19)20)16-14(21-11)15-10(3)18/h8-9H,4-7H2,1-3H3,(H,19,20)(H,15,16,18). The molecule has 2 heterocycles. The summed E-state index contributed by atoms with van der Waals surface area (Å²) < 4.78 is 0. The molecule has 0 bridgehead atoms. The molecule has 1 saturated heterocycles. The molecule has 2 atom stereocenters. The minimum atomic E-state index is -1.05. The summed E-state index contributed by atoms with van der Waals surface area (Å²) in [6.07, 6.45) is 1.21. The van der Waals surface area contributed by atoms with Gasteiger partial charge in [-0.2, -0.15) is 0 Å². The van der Waals surface area contributed by atoms with Crippen molar-refractivity contribution in [2.45, 2.75) is 33.7 Å². The number of nitrogens with one attached hydrogen (secondary N) is 1. The molecule has 0 radical (unpaired) electrons. The van der Waals surface area contributed by atoms with Crippen LogP contribution in [-0.4, -0.2) is 40.0 Å². The molecule has 116 valence electrons. The van der Waals surface area contributed by atoms with E-state index in [1.165, 1.54) is 24.7 Å². The van der Waals surface area contributed by atoms with Crippen LogP contribution in [0.5, 0.6) is 0 Å². The summed E-state index contributed by atoms with van der Waals surface area (Å²) in [7, 11) is 0. The van der Waals surface area contributed by atoms with Gasteiger partial charge in [0.05, 0.1) is 4.88 Å². The van der Waals surface area contributed by atoms with Crippen molar-refractivity contribution in [3.05, 3.63) is 10.6 Å². The van der Waals surface area contributed by atoms with E-state index in [2.05, 4.69) is 29.0 Å². The number of amides is 1. The molecule has 0 aromatic carbocycles. The van der Waals surface area contributed by atoms with Gasteiger partial charge in [-0.1, -0.05) is 25.2 Å². The van der Waals surface area contributed by atoms with E-state index in [4.69, 9.17) is 0 Å². The Hall–Kier alpha value is -1.47. The van der Waals surface area contributed by atoms with E-state index in [0.717, 1.165) is 13.1 Å². The fraction of sp³-hybridized carbons (Fsp3) is 0.643. The van der Waals surface area contributed by atoms with Gasteiger partial charge in [-0.05, 0) is 18.3 Å². The molecule has 0 aliphatic carbocycles. The molecule has 0 spiro atoms. The lowest BCUT2D eigenvalue weighted by molar-refractivity contribution is -0.114. The number of thiazole rings is 1. The molecule has 2 N–H and O–H groups in total. The Bertz CT molecular complexity index is 534. The van der Waals surface area contributed by atoms with E-state index in [1.54, 1.807) is 0 Å². The Morgan fingerprint density at radius 2 is 2.00 bits per heavy atom. The van der Waals surface area contributed by atoms with Crippen LogP contribution in [0.15, 0.2) is 0 Å². The van der Waals surface area contributed by atoms with Gasteiger partial charge >= 0.3 is 5.97 Å². The van der Waals surface area contributed by atoms with Crippen molar-refractivity contribution in [1.82, 2.24) is 9.88 Å². The summed E-state index contributed by atoms with van der Waals surface area (Å²) in [6.45, 7) is 8.34. The predicted octanol–water partition coefficient (Wildman–Crippen LogP) is 2.28. The van der Waals surface area contributed by atoms with Crippen molar-refractivity contribution in [2.75, 3.05) is 18.4 Å². The number of nitrogens with zero attached hydrogens (tertiary/aromatic N) is 2. The highest BCUT2D eigenvalue weighted by atomic mass is 32.1. The first-order valence-corrected chi connectivity index (χ1v) is 7.89.